The quantitative estimate of drug-likeness (QED) is 0.0192. The minimum Gasteiger partial charge on any atom is -0.505 e. The summed E-state index contributed by atoms with van der Waals surface area (Å²) in [5.74, 6) is -2.42. The highest BCUT2D eigenvalue weighted by molar-refractivity contribution is 7.87. The third-order valence-corrected chi connectivity index (χ3v) is 14.6. The van der Waals surface area contributed by atoms with E-state index in [0.29, 0.717) is 42.0 Å². The maximum Gasteiger partial charge on any atom is 0.339 e. The lowest BCUT2D eigenvalue weighted by molar-refractivity contribution is -0.385. The van der Waals surface area contributed by atoms with Gasteiger partial charge in [0.05, 0.1) is 20.9 Å². The van der Waals surface area contributed by atoms with Gasteiger partial charge in [-0.25, -0.2) is 0 Å². The molecule has 6 rings (SSSR count). The smallest absolute Gasteiger partial charge is 0.339 e. The number of anilines is 1. The molecule has 27 nitrogen and oxygen atoms in total. The number of hydrogen-bond acceptors (Lipinski definition) is 21. The second-order valence-corrected chi connectivity index (χ2v) is 21.8. The minimum atomic E-state index is -5.63. The van der Waals surface area contributed by atoms with Crippen molar-refractivity contribution in [1.82, 2.24) is 0 Å². The number of nitrogens with two attached hydrogens (primary N) is 1. The standard InChI is InChI=1S/C33H24N6O21S6/c1-15-2-5-17(6-3-15)66(58,59)60-25-12-18(61(43,44)45)11-20-19(25)7-9-23(33(20)65(55,56)57)36-37-24-14-26(62(46,47)48)21-13-28(64(52,53)54)31(32(40)29(21)30(24)34)38-35-22-8-4-16(39(41)42)10-27(22)63(49,50)51/h2-14,40H,34H2,1H3,(H,43,44,45)(H,46,47,48)(H,49,50,51)(H,52,53,54)(H,55,56,57)/b37-36+,38-35+. The van der Waals surface area contributed by atoms with Crippen LogP contribution in [0, 0.1) is 17.0 Å². The summed E-state index contributed by atoms with van der Waals surface area (Å²) in [5, 5.41) is 33.3. The Hall–Kier alpha value is -6.66. The van der Waals surface area contributed by atoms with Gasteiger partial charge in [0.15, 0.2) is 11.5 Å². The monoisotopic (exact) mass is 1030 g/mol. The van der Waals surface area contributed by atoms with Crippen LogP contribution in [0.25, 0.3) is 21.5 Å². The van der Waals surface area contributed by atoms with Gasteiger partial charge in [0.1, 0.15) is 47.2 Å². The molecule has 0 aliphatic carbocycles. The van der Waals surface area contributed by atoms with E-state index in [-0.39, 0.29) is 6.07 Å². The summed E-state index contributed by atoms with van der Waals surface area (Å²) < 4.78 is 207. The van der Waals surface area contributed by atoms with Crippen LogP contribution in [0.1, 0.15) is 5.56 Å². The van der Waals surface area contributed by atoms with Gasteiger partial charge in [-0.1, -0.05) is 17.7 Å². The first kappa shape index (κ1) is 48.8. The molecule has 348 valence electrons. The molecule has 0 amide bonds. The molecule has 0 aromatic heterocycles. The molecule has 0 bridgehead atoms. The van der Waals surface area contributed by atoms with Crippen LogP contribution in [0.15, 0.2) is 129 Å². The summed E-state index contributed by atoms with van der Waals surface area (Å²) in [5.41, 5.74) is 0.806. The van der Waals surface area contributed by atoms with Crippen molar-refractivity contribution < 1.29 is 87.5 Å². The summed E-state index contributed by atoms with van der Waals surface area (Å²) >= 11 is 0. The normalized spacial score (nSPS) is 13.2. The zero-order valence-corrected chi connectivity index (χ0v) is 37.0. The number of aromatic hydroxyl groups is 1. The number of hydrogen-bond donors (Lipinski definition) is 7. The maximum absolute atomic E-state index is 13.2. The molecule has 0 spiro atoms. The van der Waals surface area contributed by atoms with Crippen LogP contribution in [-0.2, 0) is 60.7 Å². The Morgan fingerprint density at radius 2 is 1.12 bits per heavy atom. The maximum atomic E-state index is 13.2. The van der Waals surface area contributed by atoms with Gasteiger partial charge in [-0.15, -0.1) is 20.5 Å². The van der Waals surface area contributed by atoms with Gasteiger partial charge in [0.25, 0.3) is 56.3 Å². The Morgan fingerprint density at radius 3 is 1.67 bits per heavy atom. The number of nitro groups is 1. The van der Waals surface area contributed by atoms with Crippen molar-refractivity contribution in [3.05, 3.63) is 94.5 Å². The molecular weight excluding hydrogens is 1010 g/mol. The molecule has 6 aromatic rings. The van der Waals surface area contributed by atoms with Crippen LogP contribution >= 0.6 is 0 Å². The van der Waals surface area contributed by atoms with Crippen LogP contribution in [0.5, 0.6) is 11.5 Å². The predicted molar refractivity (Wildman–Crippen MR) is 223 cm³/mol. The molecule has 0 heterocycles. The molecule has 0 saturated heterocycles. The number of nitrogen functional groups attached to an aromatic ring is 1. The zero-order valence-electron chi connectivity index (χ0n) is 32.1. The van der Waals surface area contributed by atoms with Gasteiger partial charge in [-0.2, -0.15) is 50.5 Å². The molecule has 0 unspecified atom stereocenters. The average molecular weight is 1030 g/mol. The van der Waals surface area contributed by atoms with Crippen LogP contribution in [-0.4, -0.2) is 83.3 Å². The zero-order chi connectivity index (χ0) is 49.3. The van der Waals surface area contributed by atoms with Crippen LogP contribution < -0.4 is 9.92 Å². The first-order valence-electron chi connectivity index (χ1n) is 16.9. The Labute approximate surface area is 370 Å². The molecule has 0 saturated carbocycles. The number of nitrogens with zero attached hydrogens (tertiary/aromatic N) is 5. The Morgan fingerprint density at radius 1 is 0.561 bits per heavy atom. The van der Waals surface area contributed by atoms with E-state index in [2.05, 4.69) is 20.5 Å². The lowest BCUT2D eigenvalue weighted by Crippen LogP contribution is -2.11. The van der Waals surface area contributed by atoms with Crippen LogP contribution in [0.3, 0.4) is 0 Å². The first-order chi connectivity index (χ1) is 30.2. The van der Waals surface area contributed by atoms with Gasteiger partial charge in [0, 0.05) is 34.4 Å². The van der Waals surface area contributed by atoms with Crippen molar-refractivity contribution in [1.29, 1.82) is 0 Å². The van der Waals surface area contributed by atoms with Crippen molar-refractivity contribution in [2.45, 2.75) is 36.3 Å². The van der Waals surface area contributed by atoms with Crippen molar-refractivity contribution in [3.8, 4) is 11.5 Å². The third kappa shape index (κ3) is 9.79. The van der Waals surface area contributed by atoms with Crippen LogP contribution in [0.4, 0.5) is 34.1 Å². The molecule has 33 heteroatoms. The van der Waals surface area contributed by atoms with Crippen molar-refractivity contribution in [2.75, 3.05) is 5.73 Å². The van der Waals surface area contributed by atoms with Crippen LogP contribution in [0.2, 0.25) is 0 Å². The minimum absolute atomic E-state index is 0.282. The van der Waals surface area contributed by atoms with E-state index in [4.69, 9.17) is 9.92 Å². The highest BCUT2D eigenvalue weighted by atomic mass is 32.2. The van der Waals surface area contributed by atoms with Gasteiger partial charge >= 0.3 is 10.1 Å². The fraction of sp³-hybridized carbons (Fsp3) is 0.0303. The molecule has 0 radical (unpaired) electrons. The van der Waals surface area contributed by atoms with Crippen molar-refractivity contribution >= 4 is 116 Å². The molecule has 0 atom stereocenters. The first-order valence-corrected chi connectivity index (χ1v) is 25.5. The number of phenols is 1. The van der Waals surface area contributed by atoms with E-state index in [1.54, 1.807) is 6.92 Å². The summed E-state index contributed by atoms with van der Waals surface area (Å²) in [6, 6.07) is 9.87. The van der Waals surface area contributed by atoms with E-state index < -0.39 is 162 Å². The second kappa shape index (κ2) is 16.6. The number of benzene rings is 6. The average Bonchev–Trinajstić information content (AvgIpc) is 3.17. The number of non-ortho nitro benzene ring substituents is 1. The lowest BCUT2D eigenvalue weighted by atomic mass is 10.0. The highest BCUT2D eigenvalue weighted by Gasteiger charge is 2.31. The van der Waals surface area contributed by atoms with E-state index in [1.807, 2.05) is 0 Å². The third-order valence-electron chi connectivity index (χ3n) is 8.89. The SMILES string of the molecule is Cc1ccc(S(=O)(=O)Oc2cc(S(=O)(=O)O)cc3c(S(=O)(=O)O)c(/N=N/c4cc(S(=O)(=O)O)c5cc(S(=O)(=O)O)c(/N=N/c6ccc([N+](=O)[O-])cc6S(=O)(=O)O)c(O)c5c4N)ccc23)cc1. The number of phenolic OH excluding ortho intramolecular Hbond substituents is 1. The highest BCUT2D eigenvalue weighted by Crippen LogP contribution is 2.49. The van der Waals surface area contributed by atoms with E-state index in [9.17, 15) is 88.5 Å². The number of aryl methyl sites for hydroxylation is 1. The summed E-state index contributed by atoms with van der Waals surface area (Å²) in [7, 11) is -32.3. The summed E-state index contributed by atoms with van der Waals surface area (Å²) in [6.07, 6.45) is 0. The van der Waals surface area contributed by atoms with E-state index in [1.165, 1.54) is 12.1 Å². The molecule has 0 aliphatic heterocycles. The molecule has 66 heavy (non-hydrogen) atoms. The Balaban J connectivity index is 1.62. The van der Waals surface area contributed by atoms with Gasteiger partial charge in [-0.05, 0) is 55.5 Å². The fourth-order valence-electron chi connectivity index (χ4n) is 5.99. The number of rotatable bonds is 13. The largest absolute Gasteiger partial charge is 0.505 e. The molecular formula is C33H24N6O21S6. The fourth-order valence-corrected chi connectivity index (χ4v) is 10.3. The van der Waals surface area contributed by atoms with E-state index in [0.717, 1.165) is 24.3 Å². The summed E-state index contributed by atoms with van der Waals surface area (Å²) in [6.45, 7) is 1.63. The predicted octanol–water partition coefficient (Wildman–Crippen LogP) is 5.33. The topological polar surface area (TPSA) is 454 Å². The number of nitro benzene ring substituents is 1. The van der Waals surface area contributed by atoms with Crippen molar-refractivity contribution in [2.24, 2.45) is 20.5 Å². The van der Waals surface area contributed by atoms with Crippen molar-refractivity contribution in [3.63, 3.8) is 0 Å². The second-order valence-electron chi connectivity index (χ2n) is 13.3. The molecule has 6 aromatic carbocycles. The lowest BCUT2D eigenvalue weighted by Gasteiger charge is -2.15. The Bertz CT molecular complexity index is 3880. The molecule has 0 fully saturated rings. The number of fused-ring (bicyclic) bond motifs is 2. The summed E-state index contributed by atoms with van der Waals surface area (Å²) in [4.78, 5) is 3.06. The van der Waals surface area contributed by atoms with Gasteiger partial charge < -0.3 is 15.0 Å². The van der Waals surface area contributed by atoms with Gasteiger partial charge in [0.2, 0.25) is 0 Å². The molecule has 0 aliphatic rings. The molecule has 8 N–H and O–H groups in total. The number of azo groups is 2. The van der Waals surface area contributed by atoms with E-state index >= 15 is 0 Å². The van der Waals surface area contributed by atoms with Gasteiger partial charge in [-0.3, -0.25) is 32.9 Å². The Kier molecular flexibility index (Phi) is 12.3.